The molecule has 3 atom stereocenters. The van der Waals surface area contributed by atoms with E-state index < -0.39 is 46.9 Å². The van der Waals surface area contributed by atoms with Gasteiger partial charge in [0.25, 0.3) is 0 Å². The summed E-state index contributed by atoms with van der Waals surface area (Å²) in [4.78, 5) is 37.5. The lowest BCUT2D eigenvalue weighted by molar-refractivity contribution is -0.169. The van der Waals surface area contributed by atoms with Crippen LogP contribution in [0.2, 0.25) is 0 Å². The maximum absolute atomic E-state index is 13.7. The summed E-state index contributed by atoms with van der Waals surface area (Å²) in [5.41, 5.74) is -1.51. The number of carboxylic acid groups (broad SMARTS) is 2. The van der Waals surface area contributed by atoms with Crippen molar-refractivity contribution in [3.8, 4) is 11.3 Å². The van der Waals surface area contributed by atoms with Gasteiger partial charge in [-0.1, -0.05) is 54.1 Å². The molecule has 8 heteroatoms. The van der Waals surface area contributed by atoms with Crippen LogP contribution in [0.5, 0.6) is 0 Å². The predicted octanol–water partition coefficient (Wildman–Crippen LogP) is 4.65. The lowest BCUT2D eigenvalue weighted by Gasteiger charge is -2.38. The third-order valence-corrected chi connectivity index (χ3v) is 6.63. The van der Waals surface area contributed by atoms with E-state index in [1.807, 2.05) is 31.2 Å². The number of carboxylic acids is 2. The van der Waals surface area contributed by atoms with Crippen molar-refractivity contribution >= 4 is 17.7 Å². The molecular formula is C28H25FO7. The molecule has 0 aliphatic heterocycles. The molecule has 186 valence electrons. The van der Waals surface area contributed by atoms with Gasteiger partial charge in [0.05, 0.1) is 11.3 Å². The molecule has 3 aromatic rings. The number of carbonyl (C=O) groups is 3. The fraction of sp³-hybridized carbons (Fsp3) is 0.250. The summed E-state index contributed by atoms with van der Waals surface area (Å²) in [5, 5.41) is 30.4. The molecule has 0 bridgehead atoms. The first-order valence-electron chi connectivity index (χ1n) is 11.3. The van der Waals surface area contributed by atoms with E-state index in [1.54, 1.807) is 18.2 Å². The predicted molar refractivity (Wildman–Crippen MR) is 128 cm³/mol. The van der Waals surface area contributed by atoms with Crippen molar-refractivity contribution in [2.24, 2.45) is 11.3 Å². The quantitative estimate of drug-likeness (QED) is 0.324. The summed E-state index contributed by atoms with van der Waals surface area (Å²) in [6, 6.07) is 14.7. The van der Waals surface area contributed by atoms with E-state index in [0.29, 0.717) is 22.5 Å². The number of rotatable bonds is 7. The SMILES string of the molecule is Cc1ccc(-c2cc(Cc3ccc(F)cc3)c(C(=O)C3C=CC(C)(C(=O)O)CC3(O)C(=O)O)o2)cc1. The first-order valence-corrected chi connectivity index (χ1v) is 11.3. The molecule has 0 saturated heterocycles. The highest BCUT2D eigenvalue weighted by Crippen LogP contribution is 2.43. The van der Waals surface area contributed by atoms with Crippen LogP contribution in [-0.2, 0) is 16.0 Å². The van der Waals surface area contributed by atoms with Crippen LogP contribution in [0.3, 0.4) is 0 Å². The molecule has 2 aromatic carbocycles. The van der Waals surface area contributed by atoms with Crippen molar-refractivity contribution in [3.05, 3.63) is 95.0 Å². The molecule has 4 rings (SSSR count). The second-order valence-corrected chi connectivity index (χ2v) is 9.46. The Morgan fingerprint density at radius 2 is 1.67 bits per heavy atom. The summed E-state index contributed by atoms with van der Waals surface area (Å²) < 4.78 is 19.4. The summed E-state index contributed by atoms with van der Waals surface area (Å²) in [6.45, 7) is 3.21. The van der Waals surface area contributed by atoms with E-state index in [4.69, 9.17) is 4.42 Å². The fourth-order valence-corrected chi connectivity index (χ4v) is 4.45. The molecule has 1 aromatic heterocycles. The second kappa shape index (κ2) is 9.20. The molecule has 0 amide bonds. The zero-order valence-electron chi connectivity index (χ0n) is 19.7. The molecule has 0 saturated carbocycles. The number of ketones is 1. The van der Waals surface area contributed by atoms with Gasteiger partial charge in [-0.25, -0.2) is 9.18 Å². The monoisotopic (exact) mass is 492 g/mol. The van der Waals surface area contributed by atoms with E-state index >= 15 is 0 Å². The lowest BCUT2D eigenvalue weighted by Crippen LogP contribution is -2.54. The summed E-state index contributed by atoms with van der Waals surface area (Å²) in [7, 11) is 0. The lowest BCUT2D eigenvalue weighted by atomic mass is 9.66. The van der Waals surface area contributed by atoms with E-state index in [9.17, 15) is 34.1 Å². The molecule has 7 nitrogen and oxygen atoms in total. The Kier molecular flexibility index (Phi) is 6.41. The Balaban J connectivity index is 1.80. The van der Waals surface area contributed by atoms with Gasteiger partial charge in [0.2, 0.25) is 5.78 Å². The molecule has 36 heavy (non-hydrogen) atoms. The molecule has 3 unspecified atom stereocenters. The number of carbonyl (C=O) groups excluding carboxylic acids is 1. The van der Waals surface area contributed by atoms with Crippen molar-refractivity contribution in [2.45, 2.75) is 32.3 Å². The zero-order valence-corrected chi connectivity index (χ0v) is 19.7. The maximum Gasteiger partial charge on any atom is 0.336 e. The average molecular weight is 492 g/mol. The number of aliphatic hydroxyl groups is 1. The minimum Gasteiger partial charge on any atom is -0.481 e. The first kappa shape index (κ1) is 25.1. The molecule has 0 spiro atoms. The van der Waals surface area contributed by atoms with Gasteiger partial charge in [-0.05, 0) is 37.6 Å². The number of halogens is 1. The van der Waals surface area contributed by atoms with Gasteiger partial charge < -0.3 is 19.7 Å². The van der Waals surface area contributed by atoms with Crippen molar-refractivity contribution in [1.29, 1.82) is 0 Å². The molecule has 1 heterocycles. The van der Waals surface area contributed by atoms with Gasteiger partial charge in [0, 0.05) is 24.0 Å². The minimum atomic E-state index is -2.66. The highest BCUT2D eigenvalue weighted by atomic mass is 19.1. The van der Waals surface area contributed by atoms with Gasteiger partial charge in [0.15, 0.2) is 11.4 Å². The molecule has 1 aliphatic rings. The largest absolute Gasteiger partial charge is 0.481 e. The Morgan fingerprint density at radius 1 is 1.03 bits per heavy atom. The van der Waals surface area contributed by atoms with Gasteiger partial charge in [-0.15, -0.1) is 0 Å². The average Bonchev–Trinajstić information content (AvgIpc) is 3.24. The topological polar surface area (TPSA) is 125 Å². The number of aliphatic carboxylic acids is 2. The third kappa shape index (κ3) is 4.59. The normalized spacial score (nSPS) is 23.4. The number of hydrogen-bond donors (Lipinski definition) is 3. The zero-order chi connectivity index (χ0) is 26.3. The van der Waals surface area contributed by atoms with Crippen LogP contribution in [0.25, 0.3) is 11.3 Å². The van der Waals surface area contributed by atoms with Gasteiger partial charge >= 0.3 is 11.9 Å². The minimum absolute atomic E-state index is 0.150. The summed E-state index contributed by atoms with van der Waals surface area (Å²) in [6.07, 6.45) is 1.85. The second-order valence-electron chi connectivity index (χ2n) is 9.46. The number of benzene rings is 2. The van der Waals surface area contributed by atoms with Crippen LogP contribution in [0.1, 0.15) is 40.6 Å². The van der Waals surface area contributed by atoms with Crippen molar-refractivity contribution in [3.63, 3.8) is 0 Å². The number of aryl methyl sites for hydroxylation is 1. The molecular weight excluding hydrogens is 467 g/mol. The Morgan fingerprint density at radius 3 is 2.25 bits per heavy atom. The number of Topliss-reactive ketones (excluding diaryl/α,β-unsaturated/α-hetero) is 1. The van der Waals surface area contributed by atoms with E-state index in [0.717, 1.165) is 11.6 Å². The fourth-order valence-electron chi connectivity index (χ4n) is 4.45. The van der Waals surface area contributed by atoms with Crippen molar-refractivity contribution in [1.82, 2.24) is 0 Å². The van der Waals surface area contributed by atoms with Crippen LogP contribution in [0.15, 0.2) is 71.2 Å². The first-order chi connectivity index (χ1) is 16.9. The number of furan rings is 1. The van der Waals surface area contributed by atoms with Crippen LogP contribution in [0, 0.1) is 24.1 Å². The Bertz CT molecular complexity index is 1350. The van der Waals surface area contributed by atoms with Gasteiger partial charge in [-0.3, -0.25) is 9.59 Å². The molecule has 3 N–H and O–H groups in total. The molecule has 0 fully saturated rings. The smallest absolute Gasteiger partial charge is 0.336 e. The van der Waals surface area contributed by atoms with Gasteiger partial charge in [0.1, 0.15) is 11.6 Å². The maximum atomic E-state index is 13.7. The van der Waals surface area contributed by atoms with E-state index in [1.165, 1.54) is 25.1 Å². The number of hydrogen-bond acceptors (Lipinski definition) is 5. The molecule has 0 radical (unpaired) electrons. The Labute approximate surface area is 206 Å². The standard InChI is InChI=1S/C28H25FO7/c1-16-3-7-18(8-4-16)22-14-19(13-17-5-9-20(29)10-6-17)24(36-22)23(30)21-11-12-27(2,25(31)32)15-28(21,35)26(33)34/h3-12,14,21,35H,13,15H2,1-2H3,(H,31,32)(H,33,34). The van der Waals surface area contributed by atoms with Gasteiger partial charge in [-0.2, -0.15) is 0 Å². The van der Waals surface area contributed by atoms with E-state index in [2.05, 4.69) is 0 Å². The van der Waals surface area contributed by atoms with Crippen LogP contribution in [-0.4, -0.2) is 38.6 Å². The summed E-state index contributed by atoms with van der Waals surface area (Å²) >= 11 is 0. The van der Waals surface area contributed by atoms with Crippen LogP contribution >= 0.6 is 0 Å². The molecule has 1 aliphatic carbocycles. The highest BCUT2D eigenvalue weighted by molar-refractivity contribution is 6.03. The van der Waals surface area contributed by atoms with Crippen molar-refractivity contribution < 1.29 is 38.5 Å². The van der Waals surface area contributed by atoms with Crippen LogP contribution in [0.4, 0.5) is 4.39 Å². The summed E-state index contributed by atoms with van der Waals surface area (Å²) in [5.74, 6) is -5.59. The van der Waals surface area contributed by atoms with Crippen LogP contribution < -0.4 is 0 Å². The van der Waals surface area contributed by atoms with E-state index in [-0.39, 0.29) is 12.2 Å². The third-order valence-electron chi connectivity index (χ3n) is 6.63. The van der Waals surface area contributed by atoms with Crippen molar-refractivity contribution in [2.75, 3.05) is 0 Å². The highest BCUT2D eigenvalue weighted by Gasteiger charge is 2.56. The Hall–Kier alpha value is -4.04.